The van der Waals surface area contributed by atoms with Crippen LogP contribution in [-0.2, 0) is 0 Å². The van der Waals surface area contributed by atoms with Gasteiger partial charge in [0.15, 0.2) is 5.84 Å². The molecule has 2 bridgehead atoms. The smallest absolute Gasteiger partial charge is 0.173 e. The van der Waals surface area contributed by atoms with Crippen LogP contribution >= 0.6 is 0 Å². The third-order valence-electron chi connectivity index (χ3n) is 4.85. The van der Waals surface area contributed by atoms with Gasteiger partial charge in [-0.2, -0.15) is 0 Å². The molecule has 21 heavy (non-hydrogen) atoms. The van der Waals surface area contributed by atoms with Crippen LogP contribution in [0.4, 0.5) is 5.82 Å². The molecule has 2 fully saturated rings. The van der Waals surface area contributed by atoms with E-state index in [4.69, 9.17) is 10.9 Å². The van der Waals surface area contributed by atoms with Crippen molar-refractivity contribution in [3.8, 4) is 0 Å². The van der Waals surface area contributed by atoms with Crippen LogP contribution in [0.15, 0.2) is 17.3 Å². The highest BCUT2D eigenvalue weighted by molar-refractivity contribution is 6.01. The molecule has 0 radical (unpaired) electrons. The zero-order valence-electron chi connectivity index (χ0n) is 12.7. The van der Waals surface area contributed by atoms with E-state index in [1.165, 1.54) is 12.8 Å². The highest BCUT2D eigenvalue weighted by Gasteiger charge is 2.35. The van der Waals surface area contributed by atoms with Crippen LogP contribution in [0.5, 0.6) is 0 Å². The summed E-state index contributed by atoms with van der Waals surface area (Å²) in [4.78, 5) is 9.44. The molecule has 3 N–H and O–H groups in total. The first-order valence-electron chi connectivity index (χ1n) is 7.52. The van der Waals surface area contributed by atoms with Crippen LogP contribution in [0.25, 0.3) is 0 Å². The minimum absolute atomic E-state index is 0.125. The van der Waals surface area contributed by atoms with Crippen LogP contribution in [0, 0.1) is 6.92 Å². The zero-order chi connectivity index (χ0) is 15.0. The van der Waals surface area contributed by atoms with Gasteiger partial charge in [-0.1, -0.05) is 5.16 Å². The number of nitrogens with zero attached hydrogens (tertiary/aromatic N) is 4. The van der Waals surface area contributed by atoms with E-state index in [9.17, 15) is 0 Å². The van der Waals surface area contributed by atoms with Crippen molar-refractivity contribution in [2.24, 2.45) is 10.9 Å². The second-order valence-corrected chi connectivity index (χ2v) is 6.09. The summed E-state index contributed by atoms with van der Waals surface area (Å²) in [7, 11) is 2.22. The van der Waals surface area contributed by atoms with Gasteiger partial charge in [-0.25, -0.2) is 4.98 Å². The lowest BCUT2D eigenvalue weighted by atomic mass is 10.1. The molecule has 2 atom stereocenters. The van der Waals surface area contributed by atoms with Gasteiger partial charge < -0.3 is 15.8 Å². The molecule has 3 rings (SSSR count). The number of aromatic nitrogens is 1. The van der Waals surface area contributed by atoms with E-state index in [0.717, 1.165) is 31.0 Å². The molecule has 6 nitrogen and oxygen atoms in total. The average Bonchev–Trinajstić information content (AvgIpc) is 2.71. The summed E-state index contributed by atoms with van der Waals surface area (Å²) in [6, 6.07) is 5.03. The van der Waals surface area contributed by atoms with Crippen molar-refractivity contribution >= 4 is 11.7 Å². The molecular formula is C15H23N5O. The lowest BCUT2D eigenvalue weighted by Gasteiger charge is -2.28. The molecule has 114 valence electrons. The van der Waals surface area contributed by atoms with E-state index in [1.807, 2.05) is 19.1 Å². The number of nitrogens with two attached hydrogens (primary N) is 1. The summed E-state index contributed by atoms with van der Waals surface area (Å²) in [5.41, 5.74) is 7.48. The van der Waals surface area contributed by atoms with Crippen LogP contribution in [0.1, 0.15) is 30.5 Å². The molecule has 0 aromatic carbocycles. The van der Waals surface area contributed by atoms with Crippen LogP contribution in [-0.4, -0.2) is 53.1 Å². The third kappa shape index (κ3) is 2.55. The average molecular weight is 289 g/mol. The maximum atomic E-state index is 8.99. The van der Waals surface area contributed by atoms with Gasteiger partial charge in [0.25, 0.3) is 0 Å². The lowest BCUT2D eigenvalue weighted by molar-refractivity contribution is 0.254. The Morgan fingerprint density at radius 2 is 2.10 bits per heavy atom. The highest BCUT2D eigenvalue weighted by atomic mass is 16.4. The first-order valence-corrected chi connectivity index (χ1v) is 7.52. The largest absolute Gasteiger partial charge is 0.409 e. The van der Waals surface area contributed by atoms with Gasteiger partial charge in [-0.15, -0.1) is 0 Å². The van der Waals surface area contributed by atoms with E-state index in [1.54, 1.807) is 0 Å². The third-order valence-corrected chi connectivity index (χ3v) is 4.85. The fourth-order valence-electron chi connectivity index (χ4n) is 3.54. The Bertz CT molecular complexity index is 559. The highest BCUT2D eigenvalue weighted by Crippen LogP contribution is 2.31. The second kappa shape index (κ2) is 5.52. The van der Waals surface area contributed by atoms with E-state index in [-0.39, 0.29) is 5.84 Å². The van der Waals surface area contributed by atoms with E-state index >= 15 is 0 Å². The molecule has 2 saturated heterocycles. The van der Waals surface area contributed by atoms with Gasteiger partial charge in [-0.05, 0) is 45.4 Å². The fraction of sp³-hybridized carbons (Fsp3) is 0.600. The Morgan fingerprint density at radius 1 is 1.33 bits per heavy atom. The van der Waals surface area contributed by atoms with Gasteiger partial charge in [0.1, 0.15) is 5.82 Å². The Hall–Kier alpha value is -1.82. The molecule has 2 aliphatic rings. The van der Waals surface area contributed by atoms with Crippen LogP contribution in [0.3, 0.4) is 0 Å². The number of hydrogen-bond acceptors (Lipinski definition) is 5. The normalized spacial score (nSPS) is 27.0. The Morgan fingerprint density at radius 3 is 2.86 bits per heavy atom. The lowest BCUT2D eigenvalue weighted by Crippen LogP contribution is -2.38. The Kier molecular flexibility index (Phi) is 3.71. The number of oxime groups is 1. The van der Waals surface area contributed by atoms with Gasteiger partial charge in [-0.3, -0.25) is 4.90 Å². The van der Waals surface area contributed by atoms with E-state index in [2.05, 4.69) is 27.0 Å². The van der Waals surface area contributed by atoms with Crippen molar-refractivity contribution < 1.29 is 5.21 Å². The van der Waals surface area contributed by atoms with Crippen molar-refractivity contribution in [1.82, 2.24) is 9.88 Å². The summed E-state index contributed by atoms with van der Waals surface area (Å²) < 4.78 is 0. The molecule has 6 heteroatoms. The van der Waals surface area contributed by atoms with Gasteiger partial charge in [0.2, 0.25) is 0 Å². The van der Waals surface area contributed by atoms with Gasteiger partial charge in [0, 0.05) is 30.9 Å². The van der Waals surface area contributed by atoms with Gasteiger partial charge in [0.05, 0.1) is 5.56 Å². The van der Waals surface area contributed by atoms with Crippen molar-refractivity contribution in [3.63, 3.8) is 0 Å². The molecule has 0 spiro atoms. The minimum atomic E-state index is 0.125. The predicted octanol–water partition coefficient (Wildman–Crippen LogP) is 1.16. The number of likely N-dealkylation sites (N-methyl/N-ethyl adjacent to an activating group) is 1. The SMILES string of the molecule is Cc1ccc(C(N)=NO)c(N2CCC3CCC(C2)N3C)n1. The van der Waals surface area contributed by atoms with E-state index < -0.39 is 0 Å². The molecule has 3 heterocycles. The predicted molar refractivity (Wildman–Crippen MR) is 82.9 cm³/mol. The first kappa shape index (κ1) is 14.1. The Labute approximate surface area is 125 Å². The number of rotatable bonds is 2. The Balaban J connectivity index is 1.94. The summed E-state index contributed by atoms with van der Waals surface area (Å²) in [5.74, 6) is 0.964. The van der Waals surface area contributed by atoms with Crippen molar-refractivity contribution in [1.29, 1.82) is 0 Å². The standard InChI is InChI=1S/C15H23N5O/c1-10-3-6-13(14(16)18-21)15(17-10)20-8-7-11-4-5-12(9-20)19(11)2/h3,6,11-12,21H,4-5,7-9H2,1-2H3,(H2,16,18). The quantitative estimate of drug-likeness (QED) is 0.370. The van der Waals surface area contributed by atoms with Gasteiger partial charge >= 0.3 is 0 Å². The summed E-state index contributed by atoms with van der Waals surface area (Å²) in [5, 5.41) is 12.1. The number of fused-ring (bicyclic) bond motifs is 2. The fourth-order valence-corrected chi connectivity index (χ4v) is 3.54. The maximum absolute atomic E-state index is 8.99. The van der Waals surface area contributed by atoms with Crippen LogP contribution < -0.4 is 10.6 Å². The second-order valence-electron chi connectivity index (χ2n) is 6.09. The number of aryl methyl sites for hydroxylation is 1. The molecular weight excluding hydrogens is 266 g/mol. The van der Waals surface area contributed by atoms with E-state index in [0.29, 0.717) is 17.6 Å². The molecule has 2 aliphatic heterocycles. The van der Waals surface area contributed by atoms with Crippen molar-refractivity contribution in [2.45, 2.75) is 38.3 Å². The molecule has 1 aromatic heterocycles. The number of hydrogen-bond donors (Lipinski definition) is 2. The summed E-state index contributed by atoms with van der Waals surface area (Å²) in [6.45, 7) is 3.89. The topological polar surface area (TPSA) is 78.0 Å². The zero-order valence-corrected chi connectivity index (χ0v) is 12.7. The maximum Gasteiger partial charge on any atom is 0.173 e. The molecule has 0 saturated carbocycles. The minimum Gasteiger partial charge on any atom is -0.409 e. The first-order chi connectivity index (χ1) is 10.1. The van der Waals surface area contributed by atoms with Crippen molar-refractivity contribution in [2.75, 3.05) is 25.0 Å². The molecule has 2 unspecified atom stereocenters. The summed E-state index contributed by atoms with van der Waals surface area (Å²) >= 11 is 0. The molecule has 0 amide bonds. The number of anilines is 1. The van der Waals surface area contributed by atoms with Crippen molar-refractivity contribution in [3.05, 3.63) is 23.4 Å². The summed E-state index contributed by atoms with van der Waals surface area (Å²) in [6.07, 6.45) is 3.67. The number of pyridine rings is 1. The van der Waals surface area contributed by atoms with Crippen LogP contribution in [0.2, 0.25) is 0 Å². The monoisotopic (exact) mass is 289 g/mol. The molecule has 0 aliphatic carbocycles. The molecule has 1 aromatic rings. The number of amidine groups is 1.